The Morgan fingerprint density at radius 1 is 1.47 bits per heavy atom. The molecule has 0 amide bonds. The molecule has 0 spiro atoms. The zero-order valence-corrected chi connectivity index (χ0v) is 11.5. The zero-order chi connectivity index (χ0) is 12.3. The zero-order valence-electron chi connectivity index (χ0n) is 9.90. The van der Waals surface area contributed by atoms with Crippen molar-refractivity contribution in [3.05, 3.63) is 10.8 Å². The SMILES string of the molecule is CN(CC1CCOCC1)c1ncnc(N)c1Br. The Morgan fingerprint density at radius 2 is 2.18 bits per heavy atom. The molecule has 0 atom stereocenters. The van der Waals surface area contributed by atoms with Crippen LogP contribution < -0.4 is 10.6 Å². The number of rotatable bonds is 3. The van der Waals surface area contributed by atoms with Crippen LogP contribution in [0.1, 0.15) is 12.8 Å². The summed E-state index contributed by atoms with van der Waals surface area (Å²) in [5.74, 6) is 2.00. The maximum atomic E-state index is 5.75. The van der Waals surface area contributed by atoms with Crippen LogP contribution in [0.5, 0.6) is 0 Å². The predicted octanol–water partition coefficient (Wildman–Crippen LogP) is 1.68. The highest BCUT2D eigenvalue weighted by Crippen LogP contribution is 2.28. The topological polar surface area (TPSA) is 64.3 Å². The molecule has 1 fully saturated rings. The molecule has 0 bridgehead atoms. The number of hydrogen-bond donors (Lipinski definition) is 1. The van der Waals surface area contributed by atoms with Crippen LogP contribution in [0.2, 0.25) is 0 Å². The Hall–Kier alpha value is -0.880. The third-order valence-electron chi connectivity index (χ3n) is 3.03. The molecule has 2 N–H and O–H groups in total. The van der Waals surface area contributed by atoms with Crippen LogP contribution in [0.3, 0.4) is 0 Å². The Balaban J connectivity index is 2.03. The van der Waals surface area contributed by atoms with Gasteiger partial charge < -0.3 is 15.4 Å². The molecule has 6 heteroatoms. The van der Waals surface area contributed by atoms with E-state index in [1.807, 2.05) is 7.05 Å². The largest absolute Gasteiger partial charge is 0.383 e. The minimum absolute atomic E-state index is 0.480. The fourth-order valence-electron chi connectivity index (χ4n) is 2.04. The molecule has 5 nitrogen and oxygen atoms in total. The molecular formula is C11H17BrN4O. The van der Waals surface area contributed by atoms with Gasteiger partial charge in [-0.2, -0.15) is 0 Å². The van der Waals surface area contributed by atoms with Crippen molar-refractivity contribution in [2.75, 3.05) is 37.4 Å². The summed E-state index contributed by atoms with van der Waals surface area (Å²) in [5, 5.41) is 0. The number of aromatic nitrogens is 2. The van der Waals surface area contributed by atoms with Crippen molar-refractivity contribution >= 4 is 27.6 Å². The van der Waals surface area contributed by atoms with E-state index in [1.165, 1.54) is 6.33 Å². The minimum Gasteiger partial charge on any atom is -0.383 e. The lowest BCUT2D eigenvalue weighted by Crippen LogP contribution is -2.30. The number of ether oxygens (including phenoxy) is 1. The first-order chi connectivity index (χ1) is 8.18. The van der Waals surface area contributed by atoms with Gasteiger partial charge in [0.25, 0.3) is 0 Å². The molecule has 94 valence electrons. The summed E-state index contributed by atoms with van der Waals surface area (Å²) in [5.41, 5.74) is 5.75. The average Bonchev–Trinajstić information content (AvgIpc) is 2.34. The molecule has 0 aromatic carbocycles. The van der Waals surface area contributed by atoms with Crippen LogP contribution in [-0.4, -0.2) is 36.8 Å². The van der Waals surface area contributed by atoms with Gasteiger partial charge in [-0.3, -0.25) is 0 Å². The van der Waals surface area contributed by atoms with Gasteiger partial charge in [0.05, 0.1) is 0 Å². The van der Waals surface area contributed by atoms with Gasteiger partial charge in [0.2, 0.25) is 0 Å². The first kappa shape index (κ1) is 12.6. The first-order valence-corrected chi connectivity index (χ1v) is 6.52. The van der Waals surface area contributed by atoms with Gasteiger partial charge in [0, 0.05) is 26.8 Å². The molecule has 0 radical (unpaired) electrons. The summed E-state index contributed by atoms with van der Waals surface area (Å²) in [6, 6.07) is 0. The van der Waals surface area contributed by atoms with E-state index in [1.54, 1.807) is 0 Å². The van der Waals surface area contributed by atoms with Crippen molar-refractivity contribution in [2.45, 2.75) is 12.8 Å². The molecule has 1 aliphatic rings. The van der Waals surface area contributed by atoms with Gasteiger partial charge in [-0.25, -0.2) is 9.97 Å². The van der Waals surface area contributed by atoms with Crippen molar-refractivity contribution in [3.63, 3.8) is 0 Å². The van der Waals surface area contributed by atoms with Gasteiger partial charge in [0.1, 0.15) is 22.4 Å². The Bertz CT molecular complexity index is 382. The molecule has 1 aliphatic heterocycles. The van der Waals surface area contributed by atoms with Crippen molar-refractivity contribution in [1.29, 1.82) is 0 Å². The minimum atomic E-state index is 0.480. The summed E-state index contributed by atoms with van der Waals surface area (Å²) in [7, 11) is 2.03. The van der Waals surface area contributed by atoms with Crippen LogP contribution in [0.25, 0.3) is 0 Å². The Morgan fingerprint density at radius 3 is 2.88 bits per heavy atom. The van der Waals surface area contributed by atoms with E-state index in [2.05, 4.69) is 30.8 Å². The lowest BCUT2D eigenvalue weighted by Gasteiger charge is -2.28. The van der Waals surface area contributed by atoms with Crippen molar-refractivity contribution < 1.29 is 4.74 Å². The number of nitrogen functional groups attached to an aromatic ring is 1. The molecule has 2 heterocycles. The lowest BCUT2D eigenvalue weighted by atomic mass is 10.00. The van der Waals surface area contributed by atoms with Gasteiger partial charge in [0.15, 0.2) is 0 Å². The maximum Gasteiger partial charge on any atom is 0.148 e. The highest BCUT2D eigenvalue weighted by Gasteiger charge is 2.18. The quantitative estimate of drug-likeness (QED) is 0.920. The predicted molar refractivity (Wildman–Crippen MR) is 71.0 cm³/mol. The molecule has 1 aromatic rings. The fourth-order valence-corrected chi connectivity index (χ4v) is 2.55. The first-order valence-electron chi connectivity index (χ1n) is 5.73. The Kier molecular flexibility index (Phi) is 4.17. The Labute approximate surface area is 110 Å². The molecule has 1 saturated heterocycles. The lowest BCUT2D eigenvalue weighted by molar-refractivity contribution is 0.0685. The van der Waals surface area contributed by atoms with Gasteiger partial charge in [-0.1, -0.05) is 0 Å². The smallest absolute Gasteiger partial charge is 0.148 e. The molecule has 17 heavy (non-hydrogen) atoms. The molecule has 1 aromatic heterocycles. The second-order valence-electron chi connectivity index (χ2n) is 4.33. The van der Waals surface area contributed by atoms with E-state index in [-0.39, 0.29) is 0 Å². The van der Waals surface area contributed by atoms with E-state index in [4.69, 9.17) is 10.5 Å². The maximum absolute atomic E-state index is 5.75. The van der Waals surface area contributed by atoms with Gasteiger partial charge >= 0.3 is 0 Å². The van der Waals surface area contributed by atoms with Gasteiger partial charge in [-0.05, 0) is 34.7 Å². The third-order valence-corrected chi connectivity index (χ3v) is 3.79. The number of halogens is 1. The standard InChI is InChI=1S/C11H17BrN4O/c1-16(6-8-2-4-17-5-3-8)11-9(12)10(13)14-7-15-11/h7-8H,2-6H2,1H3,(H2,13,14,15). The van der Waals surface area contributed by atoms with Crippen molar-refractivity contribution in [2.24, 2.45) is 5.92 Å². The third kappa shape index (κ3) is 3.07. The molecule has 0 aliphatic carbocycles. The van der Waals surface area contributed by atoms with Crippen molar-refractivity contribution in [3.8, 4) is 0 Å². The number of nitrogens with zero attached hydrogens (tertiary/aromatic N) is 3. The van der Waals surface area contributed by atoms with Crippen LogP contribution in [-0.2, 0) is 4.74 Å². The monoisotopic (exact) mass is 300 g/mol. The number of nitrogens with two attached hydrogens (primary N) is 1. The summed E-state index contributed by atoms with van der Waals surface area (Å²) in [6.45, 7) is 2.70. The average molecular weight is 301 g/mol. The van der Waals surface area contributed by atoms with Crippen LogP contribution in [0.15, 0.2) is 10.8 Å². The molecule has 0 saturated carbocycles. The number of anilines is 2. The van der Waals surface area contributed by atoms with E-state index in [0.717, 1.165) is 42.9 Å². The molecule has 2 rings (SSSR count). The summed E-state index contributed by atoms with van der Waals surface area (Å²) < 4.78 is 6.13. The highest BCUT2D eigenvalue weighted by molar-refractivity contribution is 9.10. The summed E-state index contributed by atoms with van der Waals surface area (Å²) >= 11 is 3.43. The fraction of sp³-hybridized carbons (Fsp3) is 0.636. The van der Waals surface area contributed by atoms with E-state index in [0.29, 0.717) is 11.7 Å². The van der Waals surface area contributed by atoms with E-state index >= 15 is 0 Å². The second kappa shape index (κ2) is 5.64. The molecule has 0 unspecified atom stereocenters. The second-order valence-corrected chi connectivity index (χ2v) is 5.13. The van der Waals surface area contributed by atoms with Gasteiger partial charge in [-0.15, -0.1) is 0 Å². The van der Waals surface area contributed by atoms with Crippen LogP contribution in [0.4, 0.5) is 11.6 Å². The number of hydrogen-bond acceptors (Lipinski definition) is 5. The van der Waals surface area contributed by atoms with E-state index < -0.39 is 0 Å². The van der Waals surface area contributed by atoms with E-state index in [9.17, 15) is 0 Å². The molecular weight excluding hydrogens is 284 g/mol. The summed E-state index contributed by atoms with van der Waals surface area (Å²) in [6.07, 6.45) is 3.72. The van der Waals surface area contributed by atoms with Crippen LogP contribution in [0, 0.1) is 5.92 Å². The highest BCUT2D eigenvalue weighted by atomic mass is 79.9. The van der Waals surface area contributed by atoms with Crippen LogP contribution >= 0.6 is 15.9 Å². The summed E-state index contributed by atoms with van der Waals surface area (Å²) in [4.78, 5) is 10.3. The van der Waals surface area contributed by atoms with Crippen molar-refractivity contribution in [1.82, 2.24) is 9.97 Å². The normalized spacial score (nSPS) is 17.1.